The Balaban J connectivity index is 1.95. The Morgan fingerprint density at radius 2 is 1.89 bits per heavy atom. The summed E-state index contributed by atoms with van der Waals surface area (Å²) in [5.41, 5.74) is 2.81. The van der Waals surface area contributed by atoms with Gasteiger partial charge >= 0.3 is 0 Å². The molecule has 0 fully saturated rings. The van der Waals surface area contributed by atoms with E-state index in [1.54, 1.807) is 46.0 Å². The Bertz CT molecular complexity index is 1130. The molecule has 2 heterocycles. The fourth-order valence-electron chi connectivity index (χ4n) is 3.24. The molecule has 1 aromatic carbocycles. The van der Waals surface area contributed by atoms with Crippen LogP contribution in [0.15, 0.2) is 34.2 Å². The molecule has 1 atom stereocenters. The van der Waals surface area contributed by atoms with Crippen molar-refractivity contribution in [2.45, 2.75) is 38.1 Å². The topological polar surface area (TPSA) is 84.8 Å². The van der Waals surface area contributed by atoms with E-state index in [4.69, 9.17) is 0 Å². The Morgan fingerprint density at radius 1 is 1.22 bits per heavy atom. The van der Waals surface area contributed by atoms with E-state index in [0.717, 1.165) is 0 Å². The third-order valence-corrected chi connectivity index (χ3v) is 5.77. The number of carbonyl (C=O) groups is 2. The molecule has 1 unspecified atom stereocenters. The molecular formula is C20H21N3O3S. The largest absolute Gasteiger partial charge is 0.355 e. The molecule has 2 aromatic heterocycles. The third-order valence-electron chi connectivity index (χ3n) is 4.63. The summed E-state index contributed by atoms with van der Waals surface area (Å²) in [5, 5.41) is 0.554. The fraction of sp³-hybridized carbons (Fsp3) is 0.300. The first-order valence-electron chi connectivity index (χ1n) is 8.59. The number of thioether (sulfide) groups is 1. The summed E-state index contributed by atoms with van der Waals surface area (Å²) in [5.74, 6) is -0.199. The SMILES string of the molecule is CC(=O)c1c(C)[nH]c(C(=O)C(C)Sc2nc3ccccc3c(=O)n2C)c1C. The Morgan fingerprint density at radius 3 is 2.52 bits per heavy atom. The van der Waals surface area contributed by atoms with Crippen LogP contribution in [0.1, 0.15) is 46.0 Å². The Labute approximate surface area is 161 Å². The number of nitrogens with one attached hydrogen (secondary N) is 1. The molecule has 0 saturated carbocycles. The second-order valence-electron chi connectivity index (χ2n) is 6.58. The fourth-order valence-corrected chi connectivity index (χ4v) is 4.18. The molecule has 0 aliphatic rings. The maximum Gasteiger partial charge on any atom is 0.261 e. The van der Waals surface area contributed by atoms with Gasteiger partial charge in [-0.1, -0.05) is 23.9 Å². The van der Waals surface area contributed by atoms with Crippen molar-refractivity contribution in [1.29, 1.82) is 0 Å². The monoisotopic (exact) mass is 383 g/mol. The molecule has 3 rings (SSSR count). The number of hydrogen-bond donors (Lipinski definition) is 1. The maximum absolute atomic E-state index is 12.9. The van der Waals surface area contributed by atoms with Crippen molar-refractivity contribution in [1.82, 2.24) is 14.5 Å². The van der Waals surface area contributed by atoms with E-state index in [9.17, 15) is 14.4 Å². The molecule has 27 heavy (non-hydrogen) atoms. The van der Waals surface area contributed by atoms with E-state index in [1.807, 2.05) is 6.07 Å². The van der Waals surface area contributed by atoms with Crippen LogP contribution >= 0.6 is 11.8 Å². The number of hydrogen-bond acceptors (Lipinski definition) is 5. The van der Waals surface area contributed by atoms with Crippen LogP contribution < -0.4 is 5.56 Å². The van der Waals surface area contributed by atoms with Crippen molar-refractivity contribution in [2.24, 2.45) is 7.05 Å². The highest BCUT2D eigenvalue weighted by atomic mass is 32.2. The van der Waals surface area contributed by atoms with Crippen LogP contribution in [-0.2, 0) is 7.05 Å². The predicted molar refractivity (Wildman–Crippen MR) is 107 cm³/mol. The van der Waals surface area contributed by atoms with Gasteiger partial charge in [-0.15, -0.1) is 0 Å². The summed E-state index contributed by atoms with van der Waals surface area (Å²) in [7, 11) is 1.65. The van der Waals surface area contributed by atoms with Gasteiger partial charge in [0, 0.05) is 18.3 Å². The summed E-state index contributed by atoms with van der Waals surface area (Å²) < 4.78 is 1.46. The van der Waals surface area contributed by atoms with Crippen LogP contribution in [0.4, 0.5) is 0 Å². The van der Waals surface area contributed by atoms with Crippen LogP contribution in [0.25, 0.3) is 10.9 Å². The molecular weight excluding hydrogens is 362 g/mol. The lowest BCUT2D eigenvalue weighted by Crippen LogP contribution is -2.22. The van der Waals surface area contributed by atoms with Gasteiger partial charge < -0.3 is 4.98 Å². The van der Waals surface area contributed by atoms with Crippen LogP contribution in [0.2, 0.25) is 0 Å². The van der Waals surface area contributed by atoms with Gasteiger partial charge in [0.15, 0.2) is 16.7 Å². The van der Waals surface area contributed by atoms with Crippen LogP contribution in [-0.4, -0.2) is 31.4 Å². The van der Waals surface area contributed by atoms with Gasteiger partial charge in [-0.25, -0.2) is 4.98 Å². The van der Waals surface area contributed by atoms with Crippen molar-refractivity contribution < 1.29 is 9.59 Å². The molecule has 0 aliphatic heterocycles. The average molecular weight is 383 g/mol. The molecule has 140 valence electrons. The minimum Gasteiger partial charge on any atom is -0.355 e. The number of Topliss-reactive ketones (excluding diaryl/α,β-unsaturated/α-hetero) is 2. The minimum absolute atomic E-state index is 0.0702. The van der Waals surface area contributed by atoms with Gasteiger partial charge in [0.25, 0.3) is 5.56 Å². The van der Waals surface area contributed by atoms with Gasteiger partial charge in [-0.05, 0) is 45.4 Å². The van der Waals surface area contributed by atoms with Crippen molar-refractivity contribution >= 4 is 34.2 Å². The summed E-state index contributed by atoms with van der Waals surface area (Å²) in [4.78, 5) is 44.9. The zero-order chi connectivity index (χ0) is 19.9. The number of H-pyrrole nitrogens is 1. The number of nitrogens with zero attached hydrogens (tertiary/aromatic N) is 2. The highest BCUT2D eigenvalue weighted by molar-refractivity contribution is 8.00. The molecule has 7 heteroatoms. The summed E-state index contributed by atoms with van der Waals surface area (Å²) >= 11 is 1.23. The van der Waals surface area contributed by atoms with Gasteiger partial charge in [-0.3, -0.25) is 19.0 Å². The lowest BCUT2D eigenvalue weighted by molar-refractivity contribution is 0.0988. The molecule has 3 aromatic rings. The first-order valence-corrected chi connectivity index (χ1v) is 9.47. The first-order chi connectivity index (χ1) is 12.7. The Kier molecular flexibility index (Phi) is 5.06. The van der Waals surface area contributed by atoms with Gasteiger partial charge in [-0.2, -0.15) is 0 Å². The van der Waals surface area contributed by atoms with E-state index in [1.165, 1.54) is 23.3 Å². The lowest BCUT2D eigenvalue weighted by Gasteiger charge is -2.13. The van der Waals surface area contributed by atoms with E-state index in [2.05, 4.69) is 9.97 Å². The highest BCUT2D eigenvalue weighted by Gasteiger charge is 2.25. The third kappa shape index (κ3) is 3.35. The van der Waals surface area contributed by atoms with Gasteiger partial charge in [0.1, 0.15) is 0 Å². The zero-order valence-electron chi connectivity index (χ0n) is 15.9. The van der Waals surface area contributed by atoms with Crippen molar-refractivity contribution in [3.63, 3.8) is 0 Å². The van der Waals surface area contributed by atoms with E-state index in [-0.39, 0.29) is 17.1 Å². The molecule has 0 aliphatic carbocycles. The number of aryl methyl sites for hydroxylation is 1. The number of benzene rings is 1. The van der Waals surface area contributed by atoms with Crippen LogP contribution in [0.3, 0.4) is 0 Å². The standard InChI is InChI=1S/C20H21N3O3S/c1-10-16(12(3)24)11(2)21-17(10)18(25)13(4)27-20-22-15-9-7-6-8-14(15)19(26)23(20)5/h6-9,13,21H,1-5H3. The van der Waals surface area contributed by atoms with Gasteiger partial charge in [0.2, 0.25) is 0 Å². The lowest BCUT2D eigenvalue weighted by atomic mass is 10.0. The first kappa shape index (κ1) is 19.1. The normalized spacial score (nSPS) is 12.3. The zero-order valence-corrected chi connectivity index (χ0v) is 16.7. The number of fused-ring (bicyclic) bond motifs is 1. The molecule has 0 radical (unpaired) electrons. The smallest absolute Gasteiger partial charge is 0.261 e. The summed E-state index contributed by atoms with van der Waals surface area (Å²) in [6.07, 6.45) is 0. The molecule has 0 amide bonds. The van der Waals surface area contributed by atoms with E-state index >= 15 is 0 Å². The average Bonchev–Trinajstić information content (AvgIpc) is 2.93. The maximum atomic E-state index is 12.9. The molecule has 1 N–H and O–H groups in total. The number of ketones is 2. The highest BCUT2D eigenvalue weighted by Crippen LogP contribution is 2.27. The molecule has 0 bridgehead atoms. The summed E-state index contributed by atoms with van der Waals surface area (Å²) in [6.45, 7) is 6.82. The summed E-state index contributed by atoms with van der Waals surface area (Å²) in [6, 6.07) is 7.15. The van der Waals surface area contributed by atoms with E-state index < -0.39 is 5.25 Å². The number of rotatable bonds is 5. The number of carbonyl (C=O) groups excluding carboxylic acids is 2. The molecule has 6 nitrogen and oxygen atoms in total. The van der Waals surface area contributed by atoms with Gasteiger partial charge in [0.05, 0.1) is 21.8 Å². The van der Waals surface area contributed by atoms with Crippen molar-refractivity contribution in [3.8, 4) is 0 Å². The molecule has 0 spiro atoms. The second-order valence-corrected chi connectivity index (χ2v) is 7.89. The van der Waals surface area contributed by atoms with E-state index in [0.29, 0.717) is 38.6 Å². The second kappa shape index (κ2) is 7.15. The Hall–Kier alpha value is -2.67. The number of aromatic nitrogens is 3. The van der Waals surface area contributed by atoms with Crippen LogP contribution in [0.5, 0.6) is 0 Å². The minimum atomic E-state index is -0.471. The van der Waals surface area contributed by atoms with Crippen LogP contribution in [0, 0.1) is 13.8 Å². The quantitative estimate of drug-likeness (QED) is 0.414. The predicted octanol–water partition coefficient (Wildman–Crippen LogP) is 3.44. The van der Waals surface area contributed by atoms with Crippen molar-refractivity contribution in [2.75, 3.05) is 0 Å². The number of para-hydroxylation sites is 1. The van der Waals surface area contributed by atoms with Crippen molar-refractivity contribution in [3.05, 3.63) is 57.1 Å². The molecule has 0 saturated heterocycles. The number of aromatic amines is 1.